The van der Waals surface area contributed by atoms with E-state index in [1.54, 1.807) is 6.07 Å². The van der Waals surface area contributed by atoms with Crippen LogP contribution in [0.1, 0.15) is 5.56 Å². The molecule has 0 saturated carbocycles. The third-order valence-electron chi connectivity index (χ3n) is 3.49. The van der Waals surface area contributed by atoms with Crippen LogP contribution in [0.4, 0.5) is 35.1 Å². The Morgan fingerprint density at radius 2 is 1.46 bits per heavy atom. The first kappa shape index (κ1) is 21.7. The predicted molar refractivity (Wildman–Crippen MR) is 81.0 cm³/mol. The quantitative estimate of drug-likeness (QED) is 0.648. The largest absolute Gasteiger partial charge is 0.573 e. The Morgan fingerprint density at radius 1 is 0.821 bits per heavy atom. The molecule has 0 atom stereocenters. The molecule has 154 valence electrons. The van der Waals surface area contributed by atoms with Crippen LogP contribution in [-0.4, -0.2) is 30.2 Å². The van der Waals surface area contributed by atoms with Crippen molar-refractivity contribution >= 4 is 0 Å². The summed E-state index contributed by atoms with van der Waals surface area (Å²) in [7, 11) is 0. The second-order valence-corrected chi connectivity index (χ2v) is 5.52. The Hall–Kier alpha value is -2.56. The smallest absolute Gasteiger partial charge is 0.483 e. The molecule has 0 aliphatic heterocycles. The molecule has 2 aromatic rings. The normalized spacial score (nSPS) is 12.8. The lowest BCUT2D eigenvalue weighted by Gasteiger charge is -2.21. The molecule has 0 fully saturated rings. The first-order valence-electron chi connectivity index (χ1n) is 7.50. The number of benzene rings is 2. The van der Waals surface area contributed by atoms with Crippen molar-refractivity contribution < 1.29 is 49.7 Å². The number of hydrogen-bond acceptors (Lipinski definition) is 3. The Labute approximate surface area is 153 Å². The average Bonchev–Trinajstić information content (AvgIpc) is 2.58. The monoisotopic (exact) mass is 416 g/mol. The minimum Gasteiger partial charge on any atom is -0.483 e. The van der Waals surface area contributed by atoms with Gasteiger partial charge in [0.15, 0.2) is 18.1 Å². The van der Waals surface area contributed by atoms with E-state index in [0.29, 0.717) is 11.1 Å². The van der Waals surface area contributed by atoms with E-state index in [-0.39, 0.29) is 5.56 Å². The van der Waals surface area contributed by atoms with Gasteiger partial charge in [-0.05, 0) is 28.8 Å². The number of hydrogen-bond donors (Lipinski definition) is 1. The lowest BCUT2D eigenvalue weighted by molar-refractivity contribution is -0.291. The first-order valence-corrected chi connectivity index (χ1v) is 7.50. The van der Waals surface area contributed by atoms with E-state index < -0.39 is 43.2 Å². The standard InChI is InChI=1S/C17H12F8O3/c18-15(19,16(20,21)22)9-27-14-7-10(5-6-13(14)28-17(23,24)25)12-4-2-1-3-11(12)8-26/h1-7,26H,8-9H2. The van der Waals surface area contributed by atoms with Gasteiger partial charge in [-0.2, -0.15) is 22.0 Å². The molecule has 0 unspecified atom stereocenters. The summed E-state index contributed by atoms with van der Waals surface area (Å²) in [6, 6.07) is 8.72. The zero-order chi connectivity index (χ0) is 21.2. The van der Waals surface area contributed by atoms with E-state index in [9.17, 15) is 40.2 Å². The molecule has 0 bridgehead atoms. The molecule has 0 aromatic heterocycles. The van der Waals surface area contributed by atoms with Gasteiger partial charge in [0, 0.05) is 0 Å². The Balaban J connectivity index is 2.44. The summed E-state index contributed by atoms with van der Waals surface area (Å²) in [6.45, 7) is -2.69. The zero-order valence-electron chi connectivity index (χ0n) is 13.7. The van der Waals surface area contributed by atoms with E-state index in [0.717, 1.165) is 18.2 Å². The van der Waals surface area contributed by atoms with E-state index >= 15 is 0 Å². The minimum absolute atomic E-state index is 0.115. The SMILES string of the molecule is OCc1ccccc1-c1ccc(OC(F)(F)F)c(OCC(F)(F)C(F)(F)F)c1. The highest BCUT2D eigenvalue weighted by Crippen LogP contribution is 2.40. The molecular weight excluding hydrogens is 404 g/mol. The molecule has 2 aromatic carbocycles. The molecule has 0 aliphatic rings. The molecular formula is C17H12F8O3. The first-order chi connectivity index (χ1) is 12.8. The van der Waals surface area contributed by atoms with Crippen molar-refractivity contribution in [3.63, 3.8) is 0 Å². The summed E-state index contributed by atoms with van der Waals surface area (Å²) in [5.74, 6) is -7.34. The molecule has 0 amide bonds. The van der Waals surface area contributed by atoms with Gasteiger partial charge < -0.3 is 14.6 Å². The third kappa shape index (κ3) is 5.24. The summed E-state index contributed by atoms with van der Waals surface area (Å²) in [5, 5.41) is 9.33. The highest BCUT2D eigenvalue weighted by atomic mass is 19.4. The van der Waals surface area contributed by atoms with Crippen LogP contribution >= 0.6 is 0 Å². The summed E-state index contributed by atoms with van der Waals surface area (Å²) < 4.78 is 108. The third-order valence-corrected chi connectivity index (χ3v) is 3.49. The summed E-state index contributed by atoms with van der Waals surface area (Å²) in [4.78, 5) is 0. The molecule has 11 heteroatoms. The molecule has 0 spiro atoms. The van der Waals surface area contributed by atoms with Crippen LogP contribution in [0.15, 0.2) is 42.5 Å². The van der Waals surface area contributed by atoms with Gasteiger partial charge in [0.1, 0.15) is 0 Å². The zero-order valence-corrected chi connectivity index (χ0v) is 13.7. The average molecular weight is 416 g/mol. The molecule has 2 rings (SSSR count). The highest BCUT2D eigenvalue weighted by Gasteiger charge is 2.58. The molecule has 1 N–H and O–H groups in total. The second kappa shape index (κ2) is 7.82. The van der Waals surface area contributed by atoms with Gasteiger partial charge in [0.2, 0.25) is 0 Å². The van der Waals surface area contributed by atoms with Gasteiger partial charge in [-0.1, -0.05) is 30.3 Å². The van der Waals surface area contributed by atoms with Crippen LogP contribution in [0.3, 0.4) is 0 Å². The van der Waals surface area contributed by atoms with Gasteiger partial charge >= 0.3 is 18.5 Å². The van der Waals surface area contributed by atoms with E-state index in [1.165, 1.54) is 18.2 Å². The van der Waals surface area contributed by atoms with Crippen LogP contribution in [0.2, 0.25) is 0 Å². The maximum absolute atomic E-state index is 13.1. The summed E-state index contributed by atoms with van der Waals surface area (Å²) >= 11 is 0. The number of aliphatic hydroxyl groups excluding tert-OH is 1. The number of halogens is 8. The lowest BCUT2D eigenvalue weighted by Crippen LogP contribution is -2.41. The van der Waals surface area contributed by atoms with Gasteiger partial charge in [-0.3, -0.25) is 0 Å². The predicted octanol–water partition coefficient (Wildman–Crippen LogP) is 5.32. The van der Waals surface area contributed by atoms with Crippen molar-refractivity contribution in [3.05, 3.63) is 48.0 Å². The maximum Gasteiger partial charge on any atom is 0.573 e. The Kier molecular flexibility index (Phi) is 6.07. The fraction of sp³-hybridized carbons (Fsp3) is 0.294. The van der Waals surface area contributed by atoms with Gasteiger partial charge in [-0.25, -0.2) is 0 Å². The lowest BCUT2D eigenvalue weighted by atomic mass is 10.00. The molecule has 0 heterocycles. The van der Waals surface area contributed by atoms with Crippen molar-refractivity contribution in [2.75, 3.05) is 6.61 Å². The summed E-state index contributed by atoms with van der Waals surface area (Å²) in [6.07, 6.45) is -11.2. The Morgan fingerprint density at radius 3 is 2.04 bits per heavy atom. The Bertz CT molecular complexity index is 815. The van der Waals surface area contributed by atoms with Crippen LogP contribution in [-0.2, 0) is 6.61 Å². The molecule has 0 radical (unpaired) electrons. The van der Waals surface area contributed by atoms with Crippen molar-refractivity contribution in [3.8, 4) is 22.6 Å². The van der Waals surface area contributed by atoms with Crippen molar-refractivity contribution in [1.82, 2.24) is 0 Å². The summed E-state index contributed by atoms with van der Waals surface area (Å²) in [5.41, 5.74) is 0.777. The van der Waals surface area contributed by atoms with Crippen molar-refractivity contribution in [2.24, 2.45) is 0 Å². The second-order valence-electron chi connectivity index (χ2n) is 5.52. The number of rotatable bonds is 6. The fourth-order valence-electron chi connectivity index (χ4n) is 2.19. The fourth-order valence-corrected chi connectivity index (χ4v) is 2.19. The van der Waals surface area contributed by atoms with Gasteiger partial charge in [-0.15, -0.1) is 13.2 Å². The number of alkyl halides is 8. The molecule has 0 saturated heterocycles. The topological polar surface area (TPSA) is 38.7 Å². The molecule has 3 nitrogen and oxygen atoms in total. The highest BCUT2D eigenvalue weighted by molar-refractivity contribution is 5.70. The van der Waals surface area contributed by atoms with E-state index in [4.69, 9.17) is 0 Å². The van der Waals surface area contributed by atoms with E-state index in [2.05, 4.69) is 9.47 Å². The minimum atomic E-state index is -5.95. The number of aliphatic hydroxyl groups is 1. The van der Waals surface area contributed by atoms with E-state index in [1.807, 2.05) is 0 Å². The maximum atomic E-state index is 13.1. The van der Waals surface area contributed by atoms with Crippen molar-refractivity contribution in [1.29, 1.82) is 0 Å². The molecule has 0 aliphatic carbocycles. The van der Waals surface area contributed by atoms with Crippen LogP contribution in [0.25, 0.3) is 11.1 Å². The van der Waals surface area contributed by atoms with Crippen LogP contribution in [0, 0.1) is 0 Å². The van der Waals surface area contributed by atoms with Crippen LogP contribution < -0.4 is 9.47 Å². The molecule has 28 heavy (non-hydrogen) atoms. The van der Waals surface area contributed by atoms with Gasteiger partial charge in [0.25, 0.3) is 0 Å². The number of ether oxygens (including phenoxy) is 2. The van der Waals surface area contributed by atoms with Crippen LogP contribution in [0.5, 0.6) is 11.5 Å². The van der Waals surface area contributed by atoms with Crippen molar-refractivity contribution in [2.45, 2.75) is 25.1 Å². The van der Waals surface area contributed by atoms with Gasteiger partial charge in [0.05, 0.1) is 6.61 Å².